The lowest BCUT2D eigenvalue weighted by molar-refractivity contribution is -0.140. The molecule has 0 bridgehead atoms. The van der Waals surface area contributed by atoms with Crippen molar-refractivity contribution in [2.24, 2.45) is 0 Å². The summed E-state index contributed by atoms with van der Waals surface area (Å²) in [5.41, 5.74) is 2.07. The fourth-order valence-corrected chi connectivity index (χ4v) is 5.25. The van der Waals surface area contributed by atoms with Crippen molar-refractivity contribution in [1.82, 2.24) is 19.2 Å². The van der Waals surface area contributed by atoms with E-state index in [1.165, 1.54) is 26.2 Å². The predicted octanol–water partition coefficient (Wildman–Crippen LogP) is 3.82. The van der Waals surface area contributed by atoms with E-state index in [9.17, 15) is 14.7 Å². The molecular weight excluding hydrogens is 500 g/mol. The van der Waals surface area contributed by atoms with E-state index < -0.39 is 17.7 Å². The molecule has 1 saturated heterocycles. The highest BCUT2D eigenvalue weighted by Crippen LogP contribution is 2.46. The number of imidazole rings is 1. The number of amides is 1. The first-order valence-electron chi connectivity index (χ1n) is 13.1. The van der Waals surface area contributed by atoms with Crippen LogP contribution < -0.4 is 14.2 Å². The lowest BCUT2D eigenvalue weighted by atomic mass is 9.95. The van der Waals surface area contributed by atoms with Crippen LogP contribution in [0, 0.1) is 6.92 Å². The molecule has 0 unspecified atom stereocenters. The number of nitrogens with zero attached hydrogens (tertiary/aromatic N) is 4. The molecular formula is C29H36N4O6. The number of aliphatic hydroxyl groups excluding tert-OH is 1. The number of hydrogen-bond acceptors (Lipinski definition) is 8. The van der Waals surface area contributed by atoms with E-state index in [2.05, 4.69) is 23.7 Å². The molecule has 2 aromatic heterocycles. The number of rotatable bonds is 11. The SMILES string of the molecule is CCN(CC)CCCN1C(=O)C(=O)C(=C(O)c2c(C)nc3ccccn23)[C@@H]1c1cc(OC)c(OC)c(OC)c1. The van der Waals surface area contributed by atoms with E-state index >= 15 is 0 Å². The number of methoxy groups -OCH3 is 3. The minimum Gasteiger partial charge on any atom is -0.505 e. The molecule has 1 aliphatic heterocycles. The standard InChI is InChI=1S/C29H36N4O6/c1-7-31(8-2)13-11-15-33-25(19-16-20(37-4)28(39-6)21(17-19)38-5)23(27(35)29(33)36)26(34)24-18(3)30-22-12-9-10-14-32(22)24/h9-10,12,14,16-17,25,34H,7-8,11,13,15H2,1-6H3/t25-/m0/s1. The third kappa shape index (κ3) is 5.04. The van der Waals surface area contributed by atoms with Crippen LogP contribution in [0.5, 0.6) is 17.2 Å². The van der Waals surface area contributed by atoms with Crippen LogP contribution in [0.2, 0.25) is 0 Å². The first-order valence-corrected chi connectivity index (χ1v) is 13.1. The summed E-state index contributed by atoms with van der Waals surface area (Å²) in [6.07, 6.45) is 2.42. The van der Waals surface area contributed by atoms with Gasteiger partial charge in [-0.1, -0.05) is 19.9 Å². The van der Waals surface area contributed by atoms with Gasteiger partial charge in [0.1, 0.15) is 11.3 Å². The van der Waals surface area contributed by atoms with Gasteiger partial charge in [0.2, 0.25) is 5.75 Å². The number of likely N-dealkylation sites (tertiary alicyclic amines) is 1. The first-order chi connectivity index (χ1) is 18.8. The molecule has 1 N–H and O–H groups in total. The fourth-order valence-electron chi connectivity index (χ4n) is 5.25. The Morgan fingerprint density at radius 2 is 1.72 bits per heavy atom. The maximum atomic E-state index is 13.6. The third-order valence-electron chi connectivity index (χ3n) is 7.24. The first kappa shape index (κ1) is 28.0. The van der Waals surface area contributed by atoms with Crippen molar-refractivity contribution < 1.29 is 28.9 Å². The Bertz CT molecular complexity index is 1380. The summed E-state index contributed by atoms with van der Waals surface area (Å²) in [6.45, 7) is 8.80. The molecule has 10 nitrogen and oxygen atoms in total. The van der Waals surface area contributed by atoms with Gasteiger partial charge in [0.05, 0.1) is 38.6 Å². The molecule has 1 fully saturated rings. The molecule has 3 aromatic rings. The summed E-state index contributed by atoms with van der Waals surface area (Å²) in [7, 11) is 4.51. The zero-order valence-electron chi connectivity index (χ0n) is 23.4. The van der Waals surface area contributed by atoms with Gasteiger partial charge in [-0.15, -0.1) is 0 Å². The van der Waals surface area contributed by atoms with Gasteiger partial charge in [0.25, 0.3) is 11.7 Å². The number of hydrogen-bond donors (Lipinski definition) is 1. The second kappa shape index (κ2) is 11.8. The normalized spacial score (nSPS) is 16.9. The van der Waals surface area contributed by atoms with Crippen molar-refractivity contribution >= 4 is 23.1 Å². The van der Waals surface area contributed by atoms with Crippen molar-refractivity contribution in [3.05, 3.63) is 59.1 Å². The lowest BCUT2D eigenvalue weighted by Crippen LogP contribution is -2.33. The molecule has 1 atom stereocenters. The number of ketones is 1. The fraction of sp³-hybridized carbons (Fsp3) is 0.414. The van der Waals surface area contributed by atoms with Crippen molar-refractivity contribution in [2.45, 2.75) is 33.2 Å². The Hall–Kier alpha value is -4.05. The topological polar surface area (TPSA) is 106 Å². The Morgan fingerprint density at radius 3 is 2.31 bits per heavy atom. The van der Waals surface area contributed by atoms with Crippen molar-refractivity contribution in [1.29, 1.82) is 0 Å². The molecule has 3 heterocycles. The molecule has 39 heavy (non-hydrogen) atoms. The van der Waals surface area contributed by atoms with E-state index in [-0.39, 0.29) is 11.3 Å². The number of aryl methyl sites for hydroxylation is 1. The van der Waals surface area contributed by atoms with Gasteiger partial charge in [-0.3, -0.25) is 14.0 Å². The van der Waals surface area contributed by atoms with Gasteiger partial charge in [0.15, 0.2) is 17.3 Å². The number of Topliss-reactive ketones (excluding diaryl/α,β-unsaturated/α-hetero) is 1. The zero-order valence-corrected chi connectivity index (χ0v) is 23.4. The summed E-state index contributed by atoms with van der Waals surface area (Å²) >= 11 is 0. The van der Waals surface area contributed by atoms with E-state index in [4.69, 9.17) is 14.2 Å². The largest absolute Gasteiger partial charge is 0.505 e. The molecule has 1 aromatic carbocycles. The van der Waals surface area contributed by atoms with Gasteiger partial charge >= 0.3 is 0 Å². The number of ether oxygens (including phenoxy) is 3. The van der Waals surface area contributed by atoms with Crippen LogP contribution in [-0.4, -0.2) is 83.5 Å². The van der Waals surface area contributed by atoms with Crippen molar-refractivity contribution in [2.75, 3.05) is 47.5 Å². The van der Waals surface area contributed by atoms with E-state index in [0.717, 1.165) is 19.6 Å². The molecule has 0 aliphatic carbocycles. The van der Waals surface area contributed by atoms with Gasteiger partial charge in [0, 0.05) is 12.7 Å². The average Bonchev–Trinajstić information content (AvgIpc) is 3.42. The number of fused-ring (bicyclic) bond motifs is 1. The Morgan fingerprint density at radius 1 is 1.05 bits per heavy atom. The summed E-state index contributed by atoms with van der Waals surface area (Å²) in [5, 5.41) is 11.7. The summed E-state index contributed by atoms with van der Waals surface area (Å²) in [5.74, 6) is -0.548. The van der Waals surface area contributed by atoms with Crippen LogP contribution in [0.25, 0.3) is 11.4 Å². The van der Waals surface area contributed by atoms with Crippen LogP contribution in [0.1, 0.15) is 43.3 Å². The molecule has 0 saturated carbocycles. The highest BCUT2D eigenvalue weighted by Gasteiger charge is 2.47. The second-order valence-electron chi connectivity index (χ2n) is 9.31. The minimum absolute atomic E-state index is 0.00846. The quantitative estimate of drug-likeness (QED) is 0.224. The van der Waals surface area contributed by atoms with Crippen molar-refractivity contribution in [3.8, 4) is 17.2 Å². The summed E-state index contributed by atoms with van der Waals surface area (Å²) < 4.78 is 18.3. The Balaban J connectivity index is 1.91. The minimum atomic E-state index is -0.871. The summed E-state index contributed by atoms with van der Waals surface area (Å²) in [4.78, 5) is 35.4. The van der Waals surface area contributed by atoms with E-state index in [0.29, 0.717) is 52.8 Å². The lowest BCUT2D eigenvalue weighted by Gasteiger charge is -2.27. The summed E-state index contributed by atoms with van der Waals surface area (Å²) in [6, 6.07) is 8.02. The molecule has 1 amide bonds. The smallest absolute Gasteiger partial charge is 0.295 e. The number of carbonyl (C=O) groups is 2. The number of aromatic nitrogens is 2. The second-order valence-corrected chi connectivity index (χ2v) is 9.31. The zero-order chi connectivity index (χ0) is 28.3. The highest BCUT2D eigenvalue weighted by atomic mass is 16.5. The van der Waals surface area contributed by atoms with Gasteiger partial charge in [-0.05, 0) is 62.8 Å². The number of pyridine rings is 1. The van der Waals surface area contributed by atoms with E-state index in [1.807, 2.05) is 18.2 Å². The van der Waals surface area contributed by atoms with Crippen LogP contribution in [0.4, 0.5) is 0 Å². The molecule has 0 radical (unpaired) electrons. The third-order valence-corrected chi connectivity index (χ3v) is 7.24. The maximum Gasteiger partial charge on any atom is 0.295 e. The molecule has 4 rings (SSSR count). The number of benzene rings is 1. The molecule has 0 spiro atoms. The van der Waals surface area contributed by atoms with Crippen molar-refractivity contribution in [3.63, 3.8) is 0 Å². The molecule has 1 aliphatic rings. The monoisotopic (exact) mass is 536 g/mol. The molecule has 208 valence electrons. The highest BCUT2D eigenvalue weighted by molar-refractivity contribution is 6.46. The Labute approximate surface area is 228 Å². The predicted molar refractivity (Wildman–Crippen MR) is 147 cm³/mol. The maximum absolute atomic E-state index is 13.6. The average molecular weight is 537 g/mol. The van der Waals surface area contributed by atoms with Crippen LogP contribution >= 0.6 is 0 Å². The molecule has 10 heteroatoms. The van der Waals surface area contributed by atoms with Crippen LogP contribution in [0.3, 0.4) is 0 Å². The number of aliphatic hydroxyl groups is 1. The Kier molecular flexibility index (Phi) is 8.44. The van der Waals surface area contributed by atoms with Gasteiger partial charge in [-0.25, -0.2) is 4.98 Å². The van der Waals surface area contributed by atoms with Gasteiger partial charge < -0.3 is 29.1 Å². The van der Waals surface area contributed by atoms with E-state index in [1.54, 1.807) is 29.7 Å². The van der Waals surface area contributed by atoms with Gasteiger partial charge in [-0.2, -0.15) is 0 Å². The number of carbonyl (C=O) groups excluding carboxylic acids is 2. The van der Waals surface area contributed by atoms with Crippen LogP contribution in [-0.2, 0) is 9.59 Å². The van der Waals surface area contributed by atoms with Crippen LogP contribution in [0.15, 0.2) is 42.1 Å².